The predicted molar refractivity (Wildman–Crippen MR) is 113 cm³/mol. The summed E-state index contributed by atoms with van der Waals surface area (Å²) < 4.78 is 4.22. The molecule has 2 aromatic rings. The molecule has 0 aliphatic carbocycles. The van der Waals surface area contributed by atoms with Gasteiger partial charge in [-0.25, -0.2) is 9.97 Å². The summed E-state index contributed by atoms with van der Waals surface area (Å²) in [7, 11) is 1.91. The fourth-order valence-electron chi connectivity index (χ4n) is 3.60. The summed E-state index contributed by atoms with van der Waals surface area (Å²) in [6, 6.07) is 1.90. The number of carbonyl (C=O) groups excluding carboxylic acids is 2. The van der Waals surface area contributed by atoms with Crippen molar-refractivity contribution in [2.24, 2.45) is 5.73 Å². The van der Waals surface area contributed by atoms with Gasteiger partial charge in [0.2, 0.25) is 5.91 Å². The zero-order valence-electron chi connectivity index (χ0n) is 16.8. The number of aryl methyl sites for hydroxylation is 1. The average Bonchev–Trinajstić information content (AvgIpc) is 3.11. The quantitative estimate of drug-likeness (QED) is 0.694. The highest BCUT2D eigenvalue weighted by molar-refractivity contribution is 7.10. The molecule has 0 aromatic carbocycles. The Morgan fingerprint density at radius 1 is 1.48 bits per heavy atom. The van der Waals surface area contributed by atoms with E-state index in [0.717, 1.165) is 23.5 Å². The molecule has 154 valence electrons. The Bertz CT molecular complexity index is 929. The molecule has 0 saturated carbocycles. The summed E-state index contributed by atoms with van der Waals surface area (Å²) in [5.74, 6) is 0.134. The normalized spacial score (nSPS) is 18.9. The van der Waals surface area contributed by atoms with Gasteiger partial charge in [-0.15, -0.1) is 0 Å². The number of likely N-dealkylation sites (tertiary alicyclic amines) is 1. The molecule has 0 bridgehead atoms. The number of piperidine rings is 1. The monoisotopic (exact) mass is 415 g/mol. The van der Waals surface area contributed by atoms with Gasteiger partial charge in [0.15, 0.2) is 11.5 Å². The second-order valence-corrected chi connectivity index (χ2v) is 7.85. The molecule has 2 atom stereocenters. The maximum absolute atomic E-state index is 12.2. The first-order valence-electron chi connectivity index (χ1n) is 9.35. The van der Waals surface area contributed by atoms with Gasteiger partial charge in [0.1, 0.15) is 10.8 Å². The van der Waals surface area contributed by atoms with Crippen molar-refractivity contribution in [3.05, 3.63) is 36.3 Å². The third kappa shape index (κ3) is 4.37. The Labute approximate surface area is 173 Å². The van der Waals surface area contributed by atoms with Crippen molar-refractivity contribution in [1.29, 1.82) is 0 Å². The molecule has 1 fully saturated rings. The predicted octanol–water partition coefficient (Wildman–Crippen LogP) is 2.09. The Hall–Kier alpha value is -3.01. The number of nitrogens with one attached hydrogen (secondary N) is 1. The van der Waals surface area contributed by atoms with E-state index >= 15 is 0 Å². The minimum Gasteiger partial charge on any atom is -0.364 e. The van der Waals surface area contributed by atoms with Crippen LogP contribution in [-0.4, -0.2) is 56.7 Å². The smallest absolute Gasteiger partial charge is 0.271 e. The van der Waals surface area contributed by atoms with Crippen LogP contribution in [0.1, 0.15) is 35.9 Å². The van der Waals surface area contributed by atoms with Gasteiger partial charge in [0.25, 0.3) is 5.91 Å². The number of anilines is 3. The van der Waals surface area contributed by atoms with Crippen LogP contribution in [0.25, 0.3) is 0 Å². The Morgan fingerprint density at radius 2 is 2.24 bits per heavy atom. The third-order valence-corrected chi connectivity index (χ3v) is 5.92. The fourth-order valence-corrected chi connectivity index (χ4v) is 4.26. The van der Waals surface area contributed by atoms with E-state index in [-0.39, 0.29) is 29.5 Å². The number of primary amides is 1. The summed E-state index contributed by atoms with van der Waals surface area (Å²) in [4.78, 5) is 36.6. The van der Waals surface area contributed by atoms with Gasteiger partial charge >= 0.3 is 0 Å². The Morgan fingerprint density at radius 3 is 2.86 bits per heavy atom. The van der Waals surface area contributed by atoms with Crippen LogP contribution in [0.15, 0.2) is 24.9 Å². The highest BCUT2D eigenvalue weighted by atomic mass is 32.1. The van der Waals surface area contributed by atoms with E-state index < -0.39 is 5.91 Å². The van der Waals surface area contributed by atoms with E-state index in [0.29, 0.717) is 12.4 Å². The molecule has 1 saturated heterocycles. The number of nitrogens with two attached hydrogens (primary N) is 1. The largest absolute Gasteiger partial charge is 0.364 e. The van der Waals surface area contributed by atoms with Gasteiger partial charge in [0.05, 0.1) is 17.9 Å². The average molecular weight is 416 g/mol. The number of aromatic nitrogens is 3. The van der Waals surface area contributed by atoms with Crippen LogP contribution in [-0.2, 0) is 4.79 Å². The van der Waals surface area contributed by atoms with Crippen LogP contribution in [0.5, 0.6) is 0 Å². The zero-order chi connectivity index (χ0) is 21.1. The number of amides is 2. The SMILES string of the molecule is C=CC(=O)N1CCC[C@@H](N(C)c2cnc(C(N)=O)c(Nc3cc(C)ns3)n2)[C@H]1C. The summed E-state index contributed by atoms with van der Waals surface area (Å²) in [5.41, 5.74) is 6.40. The van der Waals surface area contributed by atoms with Crippen molar-refractivity contribution in [3.8, 4) is 0 Å². The number of likely N-dealkylation sites (N-methyl/N-ethyl adjacent to an activating group) is 1. The second-order valence-electron chi connectivity index (χ2n) is 7.04. The van der Waals surface area contributed by atoms with Gasteiger partial charge in [-0.05, 0) is 50.4 Å². The van der Waals surface area contributed by atoms with E-state index in [4.69, 9.17) is 5.73 Å². The Balaban J connectivity index is 1.89. The zero-order valence-corrected chi connectivity index (χ0v) is 17.6. The molecule has 2 amide bonds. The van der Waals surface area contributed by atoms with Crippen molar-refractivity contribution in [2.45, 2.75) is 38.8 Å². The standard InChI is InChI=1S/C19H25N7O2S/c1-5-16(27)26-8-6-7-13(12(26)3)25(4)14-10-21-17(18(20)28)19(22-14)23-15-9-11(2)24-29-15/h5,9-10,12-13H,1,6-8H2,2-4H3,(H2,20,28)(H,22,23)/t12-,13-/m1/s1. The lowest BCUT2D eigenvalue weighted by molar-refractivity contribution is -0.129. The lowest BCUT2D eigenvalue weighted by Crippen LogP contribution is -2.55. The number of rotatable bonds is 6. The van der Waals surface area contributed by atoms with Gasteiger partial charge in [-0.3, -0.25) is 9.59 Å². The van der Waals surface area contributed by atoms with Crippen LogP contribution < -0.4 is 16.0 Å². The molecule has 0 radical (unpaired) electrons. The van der Waals surface area contributed by atoms with E-state index in [1.807, 2.05) is 36.8 Å². The lowest BCUT2D eigenvalue weighted by atomic mass is 9.96. The minimum atomic E-state index is -0.663. The number of nitrogens with zero attached hydrogens (tertiary/aromatic N) is 5. The maximum atomic E-state index is 12.2. The molecule has 3 rings (SSSR count). The molecule has 1 aliphatic rings. The van der Waals surface area contributed by atoms with Gasteiger partial charge < -0.3 is 20.9 Å². The number of hydrogen-bond acceptors (Lipinski definition) is 8. The third-order valence-electron chi connectivity index (χ3n) is 5.13. The number of carbonyl (C=O) groups is 2. The van der Waals surface area contributed by atoms with Crippen LogP contribution in [0, 0.1) is 6.92 Å². The van der Waals surface area contributed by atoms with Crippen molar-refractivity contribution < 1.29 is 9.59 Å². The van der Waals surface area contributed by atoms with Crippen LogP contribution >= 0.6 is 11.5 Å². The molecule has 1 aliphatic heterocycles. The topological polar surface area (TPSA) is 117 Å². The molecule has 29 heavy (non-hydrogen) atoms. The van der Waals surface area contributed by atoms with Gasteiger partial charge in [-0.1, -0.05) is 6.58 Å². The van der Waals surface area contributed by atoms with Crippen LogP contribution in [0.3, 0.4) is 0 Å². The molecular formula is C19H25N7O2S. The molecule has 2 aromatic heterocycles. The van der Waals surface area contributed by atoms with Crippen LogP contribution in [0.2, 0.25) is 0 Å². The summed E-state index contributed by atoms with van der Waals surface area (Å²) in [6.45, 7) is 8.21. The second kappa shape index (κ2) is 8.56. The summed E-state index contributed by atoms with van der Waals surface area (Å²) >= 11 is 1.27. The molecule has 3 heterocycles. The summed E-state index contributed by atoms with van der Waals surface area (Å²) in [6.07, 6.45) is 4.68. The van der Waals surface area contributed by atoms with Gasteiger partial charge in [0, 0.05) is 19.6 Å². The van der Waals surface area contributed by atoms with E-state index in [1.54, 1.807) is 0 Å². The molecule has 0 unspecified atom stereocenters. The molecule has 3 N–H and O–H groups in total. The van der Waals surface area contributed by atoms with E-state index in [9.17, 15) is 9.59 Å². The first kappa shape index (κ1) is 20.7. The van der Waals surface area contributed by atoms with Gasteiger partial charge in [-0.2, -0.15) is 4.37 Å². The van der Waals surface area contributed by atoms with Crippen molar-refractivity contribution in [3.63, 3.8) is 0 Å². The maximum Gasteiger partial charge on any atom is 0.271 e. The van der Waals surface area contributed by atoms with Crippen molar-refractivity contribution in [1.82, 2.24) is 19.2 Å². The first-order valence-corrected chi connectivity index (χ1v) is 10.1. The fraction of sp³-hybridized carbons (Fsp3) is 0.421. The van der Waals surface area contributed by atoms with Crippen molar-refractivity contribution in [2.75, 3.05) is 23.8 Å². The minimum absolute atomic E-state index is 0.0163. The molecule has 0 spiro atoms. The summed E-state index contributed by atoms with van der Waals surface area (Å²) in [5, 5.41) is 3.84. The van der Waals surface area contributed by atoms with E-state index in [1.165, 1.54) is 23.8 Å². The molecule has 10 heteroatoms. The van der Waals surface area contributed by atoms with Crippen LogP contribution in [0.4, 0.5) is 16.6 Å². The number of hydrogen-bond donors (Lipinski definition) is 2. The highest BCUT2D eigenvalue weighted by Crippen LogP contribution is 2.28. The van der Waals surface area contributed by atoms with E-state index in [2.05, 4.69) is 26.2 Å². The lowest BCUT2D eigenvalue weighted by Gasteiger charge is -2.43. The highest BCUT2D eigenvalue weighted by Gasteiger charge is 2.33. The molecule has 9 nitrogen and oxygen atoms in total. The molecular weight excluding hydrogens is 390 g/mol. The Kier molecular flexibility index (Phi) is 6.12. The first-order chi connectivity index (χ1) is 13.8. The van der Waals surface area contributed by atoms with Crippen molar-refractivity contribution >= 4 is 40.0 Å².